The molecule has 0 aliphatic carbocycles. The Morgan fingerprint density at radius 3 is 2.62 bits per heavy atom. The summed E-state index contributed by atoms with van der Waals surface area (Å²) in [5, 5.41) is 3.29. The largest absolute Gasteiger partial charge is 0.460 e. The monoisotopic (exact) mass is 391 g/mol. The number of esters is 1. The third kappa shape index (κ3) is 3.51. The number of nitrogens with zero attached hydrogens (tertiary/aromatic N) is 2. The maximum atomic E-state index is 13.0. The van der Waals surface area contributed by atoms with Gasteiger partial charge in [-0.25, -0.2) is 9.78 Å². The number of rotatable bonds is 6. The van der Waals surface area contributed by atoms with Crippen molar-refractivity contribution >= 4 is 23.0 Å². The van der Waals surface area contributed by atoms with Crippen LogP contribution in [0.3, 0.4) is 0 Å². The number of aryl methyl sites for hydroxylation is 1. The number of aromatic nitrogens is 2. The molecule has 0 bridgehead atoms. The number of ether oxygens (including phenoxy) is 2. The Morgan fingerprint density at radius 2 is 1.90 bits per heavy atom. The second kappa shape index (κ2) is 8.09. The zero-order valence-corrected chi connectivity index (χ0v) is 16.9. The van der Waals surface area contributed by atoms with Crippen molar-refractivity contribution in [2.45, 2.75) is 26.3 Å². The van der Waals surface area contributed by atoms with E-state index in [1.165, 1.54) is 5.56 Å². The van der Waals surface area contributed by atoms with Gasteiger partial charge in [0.25, 0.3) is 0 Å². The van der Waals surface area contributed by atoms with Gasteiger partial charge in [-0.05, 0) is 36.6 Å². The van der Waals surface area contributed by atoms with Crippen molar-refractivity contribution in [2.75, 3.05) is 25.6 Å². The Kier molecular flexibility index (Phi) is 5.36. The molecule has 0 saturated heterocycles. The van der Waals surface area contributed by atoms with E-state index in [4.69, 9.17) is 14.5 Å². The Morgan fingerprint density at radius 1 is 1.14 bits per heavy atom. The van der Waals surface area contributed by atoms with E-state index in [1.807, 2.05) is 31.2 Å². The van der Waals surface area contributed by atoms with Gasteiger partial charge in [0, 0.05) is 12.8 Å². The fourth-order valence-electron chi connectivity index (χ4n) is 3.77. The lowest BCUT2D eigenvalue weighted by molar-refractivity contribution is -0.140. The van der Waals surface area contributed by atoms with Crippen LogP contribution < -0.4 is 5.32 Å². The highest BCUT2D eigenvalue weighted by Crippen LogP contribution is 2.39. The molecular weight excluding hydrogens is 366 g/mol. The van der Waals surface area contributed by atoms with E-state index in [0.29, 0.717) is 12.2 Å². The number of imidazole rings is 1. The normalized spacial score (nSPS) is 15.9. The van der Waals surface area contributed by atoms with E-state index in [9.17, 15) is 4.79 Å². The standard InChI is InChI=1S/C23H25N3O3/c1-4-16-9-11-17(12-10-16)21-20(22(27)29-14-13-28-3)15(2)24-23-25-18-7-5-6-8-19(18)26(21)23/h5-12,21H,4,13-14H2,1-3H3,(H,24,25). The van der Waals surface area contributed by atoms with Crippen LogP contribution in [-0.2, 0) is 20.7 Å². The molecule has 3 aromatic rings. The summed E-state index contributed by atoms with van der Waals surface area (Å²) in [6.45, 7) is 4.60. The van der Waals surface area contributed by atoms with Crippen LogP contribution in [-0.4, -0.2) is 35.8 Å². The Labute approximate surface area is 170 Å². The Balaban J connectivity index is 1.85. The van der Waals surface area contributed by atoms with Gasteiger partial charge in [-0.2, -0.15) is 0 Å². The highest BCUT2D eigenvalue weighted by atomic mass is 16.6. The molecule has 6 nitrogen and oxygen atoms in total. The highest BCUT2D eigenvalue weighted by molar-refractivity contribution is 5.94. The molecule has 2 heterocycles. The molecule has 0 amide bonds. The van der Waals surface area contributed by atoms with Crippen LogP contribution in [0.15, 0.2) is 59.8 Å². The SMILES string of the molecule is CCc1ccc(C2C(C(=O)OCCOC)=C(C)Nc3nc4ccccc4n32)cc1. The first-order valence-corrected chi connectivity index (χ1v) is 9.83. The molecule has 0 spiro atoms. The van der Waals surface area contributed by atoms with Crippen LogP contribution in [0.25, 0.3) is 11.0 Å². The van der Waals surface area contributed by atoms with Gasteiger partial charge in [-0.3, -0.25) is 4.57 Å². The van der Waals surface area contributed by atoms with E-state index in [2.05, 4.69) is 41.1 Å². The number of allylic oxidation sites excluding steroid dienone is 1. The summed E-state index contributed by atoms with van der Waals surface area (Å²) in [6, 6.07) is 16.0. The third-order valence-electron chi connectivity index (χ3n) is 5.27. The molecule has 1 unspecified atom stereocenters. The molecule has 1 aromatic heterocycles. The predicted octanol–water partition coefficient (Wildman–Crippen LogP) is 4.08. The van der Waals surface area contributed by atoms with Gasteiger partial charge in [0.05, 0.1) is 29.3 Å². The van der Waals surface area contributed by atoms with Gasteiger partial charge in [-0.15, -0.1) is 0 Å². The molecule has 1 atom stereocenters. The van der Waals surface area contributed by atoms with Crippen LogP contribution in [0.1, 0.15) is 31.0 Å². The van der Waals surface area contributed by atoms with Gasteiger partial charge in [0.2, 0.25) is 5.95 Å². The molecular formula is C23H25N3O3. The summed E-state index contributed by atoms with van der Waals surface area (Å²) in [5.41, 5.74) is 5.46. The van der Waals surface area contributed by atoms with Gasteiger partial charge >= 0.3 is 5.97 Å². The smallest absolute Gasteiger partial charge is 0.338 e. The van der Waals surface area contributed by atoms with E-state index >= 15 is 0 Å². The molecule has 2 aromatic carbocycles. The van der Waals surface area contributed by atoms with Crippen molar-refractivity contribution in [3.8, 4) is 0 Å². The third-order valence-corrected chi connectivity index (χ3v) is 5.27. The number of hydrogen-bond donors (Lipinski definition) is 1. The van der Waals surface area contributed by atoms with Crippen LogP contribution in [0, 0.1) is 0 Å². The second-order valence-electron chi connectivity index (χ2n) is 7.08. The number of benzene rings is 2. The molecule has 0 saturated carbocycles. The molecule has 0 radical (unpaired) electrons. The van der Waals surface area contributed by atoms with Crippen LogP contribution in [0.2, 0.25) is 0 Å². The van der Waals surface area contributed by atoms with Crippen molar-refractivity contribution < 1.29 is 14.3 Å². The molecule has 150 valence electrons. The Hall–Kier alpha value is -3.12. The Bertz CT molecular complexity index is 1070. The number of nitrogens with one attached hydrogen (secondary N) is 1. The zero-order valence-electron chi connectivity index (χ0n) is 16.9. The van der Waals surface area contributed by atoms with Crippen molar-refractivity contribution in [1.82, 2.24) is 9.55 Å². The molecule has 0 fully saturated rings. The summed E-state index contributed by atoms with van der Waals surface area (Å²) in [5.74, 6) is 0.377. The summed E-state index contributed by atoms with van der Waals surface area (Å²) in [4.78, 5) is 17.8. The molecule has 1 aliphatic heterocycles. The van der Waals surface area contributed by atoms with E-state index in [1.54, 1.807) is 7.11 Å². The lowest BCUT2D eigenvalue weighted by Gasteiger charge is -2.30. The van der Waals surface area contributed by atoms with E-state index in [0.717, 1.165) is 34.7 Å². The molecule has 29 heavy (non-hydrogen) atoms. The lowest BCUT2D eigenvalue weighted by atomic mass is 9.94. The summed E-state index contributed by atoms with van der Waals surface area (Å²) < 4.78 is 12.6. The predicted molar refractivity (Wildman–Crippen MR) is 113 cm³/mol. The average Bonchev–Trinajstić information content (AvgIpc) is 3.10. The fraction of sp³-hybridized carbons (Fsp3) is 0.304. The van der Waals surface area contributed by atoms with E-state index < -0.39 is 0 Å². The first-order chi connectivity index (χ1) is 14.1. The van der Waals surface area contributed by atoms with Crippen LogP contribution >= 0.6 is 0 Å². The van der Waals surface area contributed by atoms with Crippen LogP contribution in [0.5, 0.6) is 0 Å². The van der Waals surface area contributed by atoms with Crippen molar-refractivity contribution in [1.29, 1.82) is 0 Å². The number of carbonyl (C=O) groups excluding carboxylic acids is 1. The minimum absolute atomic E-state index is 0.213. The summed E-state index contributed by atoms with van der Waals surface area (Å²) >= 11 is 0. The fourth-order valence-corrected chi connectivity index (χ4v) is 3.77. The van der Waals surface area contributed by atoms with E-state index in [-0.39, 0.29) is 18.6 Å². The van der Waals surface area contributed by atoms with Crippen LogP contribution in [0.4, 0.5) is 5.95 Å². The summed E-state index contributed by atoms with van der Waals surface area (Å²) in [6.07, 6.45) is 0.965. The van der Waals surface area contributed by atoms with Gasteiger partial charge in [0.1, 0.15) is 6.61 Å². The number of methoxy groups -OCH3 is 1. The number of anilines is 1. The lowest BCUT2D eigenvalue weighted by Crippen LogP contribution is -2.29. The molecule has 1 aliphatic rings. The molecule has 1 N–H and O–H groups in total. The van der Waals surface area contributed by atoms with Crippen molar-refractivity contribution in [3.63, 3.8) is 0 Å². The van der Waals surface area contributed by atoms with Gasteiger partial charge in [0.15, 0.2) is 0 Å². The maximum Gasteiger partial charge on any atom is 0.338 e. The molecule has 6 heteroatoms. The number of hydrogen-bond acceptors (Lipinski definition) is 5. The zero-order chi connectivity index (χ0) is 20.4. The van der Waals surface area contributed by atoms with Gasteiger partial charge < -0.3 is 14.8 Å². The highest BCUT2D eigenvalue weighted by Gasteiger charge is 2.34. The maximum absolute atomic E-state index is 13.0. The van der Waals surface area contributed by atoms with Gasteiger partial charge in [-0.1, -0.05) is 43.3 Å². The number of fused-ring (bicyclic) bond motifs is 3. The summed E-state index contributed by atoms with van der Waals surface area (Å²) in [7, 11) is 1.59. The van der Waals surface area contributed by atoms with Crippen molar-refractivity contribution in [3.05, 3.63) is 70.9 Å². The minimum atomic E-state index is -0.347. The first-order valence-electron chi connectivity index (χ1n) is 9.83. The molecule has 4 rings (SSSR count). The average molecular weight is 391 g/mol. The first kappa shape index (κ1) is 19.2. The van der Waals surface area contributed by atoms with Crippen molar-refractivity contribution in [2.24, 2.45) is 0 Å². The second-order valence-corrected chi connectivity index (χ2v) is 7.08. The number of para-hydroxylation sites is 2. The topological polar surface area (TPSA) is 65.4 Å². The number of carbonyl (C=O) groups is 1. The minimum Gasteiger partial charge on any atom is -0.460 e. The quantitative estimate of drug-likeness (QED) is 0.507.